The van der Waals surface area contributed by atoms with Crippen LogP contribution < -0.4 is 10.1 Å². The SMILES string of the molecule is C=CC(=O)N1CCn2nc(-c3nc(NCC4(C)CN(C(=O)C5CN(C)C5)C4)c4ccsc4c3-c3c(F)cc(F)cc3OCCOC)cc2[C@H]1C. The Morgan fingerprint density at radius 3 is 2.66 bits per heavy atom. The predicted molar refractivity (Wildman–Crippen MR) is 188 cm³/mol. The number of thiophene rings is 1. The first kappa shape index (κ1) is 34.1. The van der Waals surface area contributed by atoms with E-state index in [1.807, 2.05) is 41.1 Å². The summed E-state index contributed by atoms with van der Waals surface area (Å²) >= 11 is 1.42. The summed E-state index contributed by atoms with van der Waals surface area (Å²) in [6, 6.07) is 5.54. The van der Waals surface area contributed by atoms with Gasteiger partial charge < -0.3 is 29.5 Å². The number of ether oxygens (including phenoxy) is 2. The van der Waals surface area contributed by atoms with E-state index in [-0.39, 0.29) is 53.7 Å². The number of nitrogens with zero attached hydrogens (tertiary/aromatic N) is 6. The van der Waals surface area contributed by atoms with Crippen LogP contribution in [0.5, 0.6) is 5.75 Å². The minimum Gasteiger partial charge on any atom is -0.490 e. The number of likely N-dealkylation sites (tertiary alicyclic amines) is 2. The average Bonchev–Trinajstić information content (AvgIpc) is 3.73. The minimum absolute atomic E-state index is 0.0301. The van der Waals surface area contributed by atoms with Crippen LogP contribution in [0.4, 0.5) is 14.6 Å². The molecule has 1 atom stereocenters. The van der Waals surface area contributed by atoms with Gasteiger partial charge in [-0.2, -0.15) is 5.10 Å². The molecular weight excluding hydrogens is 665 g/mol. The molecule has 6 heterocycles. The van der Waals surface area contributed by atoms with E-state index in [9.17, 15) is 14.0 Å². The maximum atomic E-state index is 16.1. The molecule has 0 bridgehead atoms. The molecule has 50 heavy (non-hydrogen) atoms. The molecule has 1 aromatic carbocycles. The molecule has 3 aliphatic heterocycles. The topological polar surface area (TPSA) is 105 Å². The van der Waals surface area contributed by atoms with E-state index in [0.29, 0.717) is 55.5 Å². The van der Waals surface area contributed by atoms with Crippen molar-refractivity contribution in [2.45, 2.75) is 26.4 Å². The number of aromatic nitrogens is 3. The summed E-state index contributed by atoms with van der Waals surface area (Å²) in [7, 11) is 3.54. The third-order valence-electron chi connectivity index (χ3n) is 9.93. The first-order valence-electron chi connectivity index (χ1n) is 16.7. The second-order valence-electron chi connectivity index (χ2n) is 13.8. The lowest BCUT2D eigenvalue weighted by atomic mass is 9.80. The van der Waals surface area contributed by atoms with Crippen molar-refractivity contribution in [3.63, 3.8) is 0 Å². The standard InChI is InChI=1S/C36H41F2N7O4S/c1-6-29(46)44-8-9-45-27(21(44)2)15-26(41-45)32-31(30-25(38)13-23(37)14-28(30)49-11-10-48-5)33-24(7-12-50-33)34(40-32)39-18-36(3)19-43(20-36)35(47)22-16-42(4)17-22/h6-7,12-15,21-22H,1,8-11,16-20H2,2-5H3,(H,39,40)/t21-/m1/s1. The predicted octanol–water partition coefficient (Wildman–Crippen LogP) is 5.04. The maximum absolute atomic E-state index is 16.1. The van der Waals surface area contributed by atoms with E-state index in [1.54, 1.807) is 4.90 Å². The molecular formula is C36H41F2N7O4S. The zero-order valence-electron chi connectivity index (χ0n) is 28.7. The Balaban J connectivity index is 1.29. The Kier molecular flexibility index (Phi) is 9.12. The van der Waals surface area contributed by atoms with Gasteiger partial charge in [-0.1, -0.05) is 13.5 Å². The molecule has 1 N–H and O–H groups in total. The zero-order valence-corrected chi connectivity index (χ0v) is 29.5. The molecule has 0 saturated carbocycles. The van der Waals surface area contributed by atoms with E-state index >= 15 is 4.39 Å². The van der Waals surface area contributed by atoms with Crippen molar-refractivity contribution in [2.75, 3.05) is 72.0 Å². The average molecular weight is 706 g/mol. The highest BCUT2D eigenvalue weighted by atomic mass is 32.1. The molecule has 2 saturated heterocycles. The van der Waals surface area contributed by atoms with Crippen molar-refractivity contribution in [1.29, 1.82) is 0 Å². The summed E-state index contributed by atoms with van der Waals surface area (Å²) < 4.78 is 44.4. The first-order chi connectivity index (χ1) is 24.0. The number of halogens is 2. The number of amides is 2. The highest BCUT2D eigenvalue weighted by molar-refractivity contribution is 7.18. The molecule has 11 nitrogen and oxygen atoms in total. The number of hydrogen-bond acceptors (Lipinski definition) is 9. The number of benzene rings is 1. The number of hydrogen-bond donors (Lipinski definition) is 1. The summed E-state index contributed by atoms with van der Waals surface area (Å²) in [5.41, 5.74) is 2.03. The number of carbonyl (C=O) groups excluding carboxylic acids is 2. The fourth-order valence-corrected chi connectivity index (χ4v) is 8.26. The van der Waals surface area contributed by atoms with Crippen molar-refractivity contribution in [3.8, 4) is 28.3 Å². The molecule has 264 valence electrons. The van der Waals surface area contributed by atoms with Crippen LogP contribution in [0.2, 0.25) is 0 Å². The summed E-state index contributed by atoms with van der Waals surface area (Å²) in [6.07, 6.45) is 1.30. The van der Waals surface area contributed by atoms with Crippen LogP contribution in [-0.4, -0.2) is 108 Å². The van der Waals surface area contributed by atoms with Gasteiger partial charge in [-0.3, -0.25) is 14.3 Å². The van der Waals surface area contributed by atoms with Gasteiger partial charge in [0.05, 0.1) is 36.4 Å². The second-order valence-corrected chi connectivity index (χ2v) is 14.7. The lowest BCUT2D eigenvalue weighted by Gasteiger charge is -2.51. The number of anilines is 1. The Morgan fingerprint density at radius 2 is 1.94 bits per heavy atom. The molecule has 7 rings (SSSR count). The smallest absolute Gasteiger partial charge is 0.246 e. The molecule has 0 spiro atoms. The second kappa shape index (κ2) is 13.4. The summed E-state index contributed by atoms with van der Waals surface area (Å²) in [4.78, 5) is 36.5. The van der Waals surface area contributed by atoms with Crippen LogP contribution in [0.3, 0.4) is 0 Å². The van der Waals surface area contributed by atoms with Gasteiger partial charge in [0.1, 0.15) is 41.2 Å². The largest absolute Gasteiger partial charge is 0.490 e. The molecule has 14 heteroatoms. The van der Waals surface area contributed by atoms with Crippen molar-refractivity contribution < 1.29 is 27.8 Å². The molecule has 0 radical (unpaired) electrons. The van der Waals surface area contributed by atoms with Gasteiger partial charge in [-0.25, -0.2) is 13.8 Å². The number of fused-ring (bicyclic) bond motifs is 2. The van der Waals surface area contributed by atoms with Crippen LogP contribution >= 0.6 is 11.3 Å². The number of rotatable bonds is 11. The summed E-state index contributed by atoms with van der Waals surface area (Å²) in [5.74, 6) is -0.825. The van der Waals surface area contributed by atoms with E-state index in [1.165, 1.54) is 30.6 Å². The molecule has 4 aromatic rings. The van der Waals surface area contributed by atoms with Crippen LogP contribution in [0, 0.1) is 23.0 Å². The Labute approximate surface area is 293 Å². The van der Waals surface area contributed by atoms with Crippen LogP contribution in [0.1, 0.15) is 25.6 Å². The minimum atomic E-state index is -0.791. The quantitative estimate of drug-likeness (QED) is 0.171. The third kappa shape index (κ3) is 6.13. The van der Waals surface area contributed by atoms with Crippen molar-refractivity contribution in [2.24, 2.45) is 11.3 Å². The normalized spacial score (nSPS) is 18.8. The van der Waals surface area contributed by atoms with Gasteiger partial charge in [-0.05, 0) is 37.6 Å². The molecule has 0 unspecified atom stereocenters. The van der Waals surface area contributed by atoms with Crippen LogP contribution in [-0.2, 0) is 20.9 Å². The highest BCUT2D eigenvalue weighted by Gasteiger charge is 2.45. The van der Waals surface area contributed by atoms with Crippen molar-refractivity contribution >= 4 is 39.1 Å². The fourth-order valence-electron chi connectivity index (χ4n) is 7.31. The molecule has 2 fully saturated rings. The third-order valence-corrected chi connectivity index (χ3v) is 10.9. The lowest BCUT2D eigenvalue weighted by molar-refractivity contribution is -0.151. The number of pyridine rings is 1. The molecule has 2 amide bonds. The summed E-state index contributed by atoms with van der Waals surface area (Å²) in [5, 5.41) is 11.2. The highest BCUT2D eigenvalue weighted by Crippen LogP contribution is 2.47. The Bertz CT molecular complexity index is 1970. The number of nitrogens with one attached hydrogen (secondary N) is 1. The van der Waals surface area contributed by atoms with Crippen molar-refractivity contribution in [1.82, 2.24) is 29.5 Å². The van der Waals surface area contributed by atoms with Gasteiger partial charge in [0.25, 0.3) is 0 Å². The Morgan fingerprint density at radius 1 is 1.16 bits per heavy atom. The molecule has 0 aliphatic carbocycles. The van der Waals surface area contributed by atoms with Crippen LogP contribution in [0.15, 0.2) is 42.3 Å². The summed E-state index contributed by atoms with van der Waals surface area (Å²) in [6.45, 7) is 12.4. The fraction of sp³-hybridized carbons (Fsp3) is 0.444. The lowest BCUT2D eigenvalue weighted by Crippen LogP contribution is -2.64. The van der Waals surface area contributed by atoms with Crippen LogP contribution in [0.25, 0.3) is 32.6 Å². The van der Waals surface area contributed by atoms with E-state index in [4.69, 9.17) is 19.6 Å². The Hall–Kier alpha value is -4.40. The maximum Gasteiger partial charge on any atom is 0.246 e. The van der Waals surface area contributed by atoms with E-state index < -0.39 is 11.6 Å². The van der Waals surface area contributed by atoms with Gasteiger partial charge in [0, 0.05) is 79.6 Å². The van der Waals surface area contributed by atoms with E-state index in [0.717, 1.165) is 34.9 Å². The van der Waals surface area contributed by atoms with Gasteiger partial charge in [-0.15, -0.1) is 11.3 Å². The number of methoxy groups -OCH3 is 1. The number of carbonyl (C=O) groups is 2. The first-order valence-corrected chi connectivity index (χ1v) is 17.6. The molecule has 3 aromatic heterocycles. The monoisotopic (exact) mass is 705 g/mol. The van der Waals surface area contributed by atoms with E-state index in [2.05, 4.69) is 23.7 Å². The van der Waals surface area contributed by atoms with Gasteiger partial charge in [0.15, 0.2) is 0 Å². The van der Waals surface area contributed by atoms with Gasteiger partial charge in [0.2, 0.25) is 11.8 Å². The van der Waals surface area contributed by atoms with Gasteiger partial charge >= 0.3 is 0 Å². The zero-order chi connectivity index (χ0) is 35.3. The molecule has 3 aliphatic rings. The van der Waals surface area contributed by atoms with Crippen molar-refractivity contribution in [3.05, 3.63) is 59.6 Å².